The molecule has 6 aliphatic heterocycles. The van der Waals surface area contributed by atoms with Gasteiger partial charge in [0.25, 0.3) is 6.17 Å². The summed E-state index contributed by atoms with van der Waals surface area (Å²) in [6.07, 6.45) is 4.92. The van der Waals surface area contributed by atoms with Gasteiger partial charge in [-0.15, -0.1) is 11.6 Å². The van der Waals surface area contributed by atoms with E-state index in [9.17, 15) is 14.0 Å². The third-order valence-corrected chi connectivity index (χ3v) is 11.0. The Kier molecular flexibility index (Phi) is 11.7. The molecule has 6 N–H and O–H groups in total. The largest absolute Gasteiger partial charge is 0.350 e. The van der Waals surface area contributed by atoms with Crippen LogP contribution in [0.1, 0.15) is 58.8 Å². The van der Waals surface area contributed by atoms with Gasteiger partial charge in [0.15, 0.2) is 18.4 Å². The minimum absolute atomic E-state index is 0.0308. The van der Waals surface area contributed by atoms with Crippen molar-refractivity contribution in [2.75, 3.05) is 58.9 Å². The van der Waals surface area contributed by atoms with Crippen molar-refractivity contribution in [1.29, 1.82) is 0 Å². The molecule has 0 saturated carbocycles. The molecule has 6 rings (SSSR count). The predicted molar refractivity (Wildman–Crippen MR) is 172 cm³/mol. The van der Waals surface area contributed by atoms with E-state index in [0.717, 1.165) is 89.9 Å². The topological polar surface area (TPSA) is 135 Å². The SMILES string of the molecule is CCCCC(C)=[N+]1CC(F)C=NC1C(C(=O)NC1CNCC(Cl)C1N1CCC(C(=O)N2CCN3CCC2CC3)CC1)C(N)N. The van der Waals surface area contributed by atoms with E-state index in [1.54, 1.807) is 0 Å². The maximum absolute atomic E-state index is 14.4. The zero-order valence-corrected chi connectivity index (χ0v) is 27.3. The predicted octanol–water partition coefficient (Wildman–Crippen LogP) is 0.341. The molecule has 44 heavy (non-hydrogen) atoms. The van der Waals surface area contributed by atoms with Crippen molar-refractivity contribution in [3.63, 3.8) is 0 Å². The number of hydrogen-bond acceptors (Lipinski definition) is 8. The normalized spacial score (nSPS) is 35.4. The van der Waals surface area contributed by atoms with Gasteiger partial charge in [-0.25, -0.2) is 14.0 Å². The molecule has 6 unspecified atom stereocenters. The molecule has 5 fully saturated rings. The van der Waals surface area contributed by atoms with Gasteiger partial charge in [-0.2, -0.15) is 0 Å². The Hall–Kier alpha value is -1.70. The Morgan fingerprint density at radius 1 is 1.11 bits per heavy atom. The fraction of sp³-hybridized carbons (Fsp3) is 0.871. The monoisotopic (exact) mass is 638 g/mol. The number of nitrogens with zero attached hydrogens (tertiary/aromatic N) is 5. The van der Waals surface area contributed by atoms with E-state index in [4.69, 9.17) is 23.1 Å². The minimum atomic E-state index is -1.22. The van der Waals surface area contributed by atoms with Crippen LogP contribution in [0.15, 0.2) is 4.99 Å². The summed E-state index contributed by atoms with van der Waals surface area (Å²) in [6, 6.07) is 0.00115. The van der Waals surface area contributed by atoms with E-state index in [1.165, 1.54) is 6.21 Å². The maximum atomic E-state index is 14.4. The molecule has 2 amide bonds. The number of fused-ring (bicyclic) bond motifs is 4. The number of piperidine rings is 3. The van der Waals surface area contributed by atoms with Gasteiger partial charge in [-0.3, -0.25) is 14.5 Å². The number of alkyl halides is 2. The van der Waals surface area contributed by atoms with Crippen LogP contribution in [0.25, 0.3) is 0 Å². The first-order valence-electron chi connectivity index (χ1n) is 16.9. The van der Waals surface area contributed by atoms with Crippen LogP contribution in [0.3, 0.4) is 0 Å². The minimum Gasteiger partial charge on any atom is -0.350 e. The molecule has 5 saturated heterocycles. The quantitative estimate of drug-likeness (QED) is 0.163. The Bertz CT molecular complexity index is 1060. The van der Waals surface area contributed by atoms with Crippen LogP contribution in [0, 0.1) is 11.8 Å². The van der Waals surface area contributed by atoms with Gasteiger partial charge >= 0.3 is 0 Å². The zero-order valence-electron chi connectivity index (χ0n) is 26.6. The maximum Gasteiger partial charge on any atom is 0.259 e. The van der Waals surface area contributed by atoms with E-state index in [2.05, 4.69) is 37.2 Å². The van der Waals surface area contributed by atoms with Gasteiger partial charge in [-0.1, -0.05) is 13.3 Å². The molecule has 6 atom stereocenters. The summed E-state index contributed by atoms with van der Waals surface area (Å²) in [5, 5.41) is 6.37. The van der Waals surface area contributed by atoms with Gasteiger partial charge < -0.3 is 31.9 Å². The second-order valence-electron chi connectivity index (χ2n) is 13.5. The lowest BCUT2D eigenvalue weighted by atomic mass is 9.89. The molecule has 248 valence electrons. The summed E-state index contributed by atoms with van der Waals surface area (Å²) >= 11 is 6.93. The van der Waals surface area contributed by atoms with E-state index >= 15 is 0 Å². The third-order valence-electron chi connectivity index (χ3n) is 10.6. The lowest BCUT2D eigenvalue weighted by molar-refractivity contribution is -0.578. The van der Waals surface area contributed by atoms with Crippen molar-refractivity contribution in [3.8, 4) is 0 Å². The van der Waals surface area contributed by atoms with Crippen LogP contribution < -0.4 is 22.1 Å². The first-order chi connectivity index (χ1) is 21.2. The molecule has 11 nitrogen and oxygen atoms in total. The fourth-order valence-electron chi connectivity index (χ4n) is 7.98. The number of nitrogens with two attached hydrogens (primary N) is 2. The van der Waals surface area contributed by atoms with Crippen molar-refractivity contribution >= 4 is 35.3 Å². The van der Waals surface area contributed by atoms with Crippen molar-refractivity contribution in [3.05, 3.63) is 0 Å². The highest BCUT2D eigenvalue weighted by atomic mass is 35.5. The van der Waals surface area contributed by atoms with Gasteiger partial charge in [-0.05, 0) is 45.2 Å². The molecule has 6 heterocycles. The molecule has 0 aromatic heterocycles. The van der Waals surface area contributed by atoms with Crippen LogP contribution in [0.2, 0.25) is 0 Å². The number of nitrogens with one attached hydrogen (secondary N) is 2. The Balaban J connectivity index is 1.25. The number of carbonyl (C=O) groups is 2. The van der Waals surface area contributed by atoms with Crippen molar-refractivity contribution in [1.82, 2.24) is 25.3 Å². The molecular weight excluding hydrogens is 585 g/mol. The second-order valence-corrected chi connectivity index (χ2v) is 14.1. The third kappa shape index (κ3) is 7.63. The van der Waals surface area contributed by atoms with Gasteiger partial charge in [0, 0.05) is 76.8 Å². The number of rotatable bonds is 9. The van der Waals surface area contributed by atoms with Gasteiger partial charge in [0.2, 0.25) is 11.8 Å². The number of halogens is 2. The van der Waals surface area contributed by atoms with Crippen molar-refractivity contribution in [2.45, 2.75) is 101 Å². The molecular formula is C31H54ClFN9O2+. The van der Waals surface area contributed by atoms with E-state index in [0.29, 0.717) is 25.0 Å². The highest BCUT2D eigenvalue weighted by Gasteiger charge is 2.46. The molecule has 0 aromatic carbocycles. The van der Waals surface area contributed by atoms with Gasteiger partial charge in [0.1, 0.15) is 5.92 Å². The van der Waals surface area contributed by atoms with E-state index in [-0.39, 0.29) is 35.8 Å². The lowest BCUT2D eigenvalue weighted by Gasteiger charge is -2.46. The summed E-state index contributed by atoms with van der Waals surface area (Å²) in [6.45, 7) is 10.9. The average molecular weight is 639 g/mol. The summed E-state index contributed by atoms with van der Waals surface area (Å²) < 4.78 is 16.3. The number of amides is 2. The number of carbonyl (C=O) groups excluding carboxylic acids is 2. The summed E-state index contributed by atoms with van der Waals surface area (Å²) in [7, 11) is 0. The van der Waals surface area contributed by atoms with Crippen LogP contribution in [0.4, 0.5) is 4.39 Å². The number of aliphatic imine (C=N–C) groups is 1. The molecule has 0 spiro atoms. The molecule has 0 aliphatic carbocycles. The standard InChI is InChI=1S/C31H53ClFN9O2/c1-3-4-5-20(2)42-19-22(33)16-37-29(42)26(28(34)35)30(43)38-25-18-36-17-24(32)27(25)40-12-6-21(7-13-40)31(44)41-15-14-39-10-8-23(41)9-11-39/h16,21-29,36H,3-15,17-19,34-35H2,1-2H3/p+1. The van der Waals surface area contributed by atoms with E-state index < -0.39 is 24.4 Å². The molecule has 13 heteroatoms. The Morgan fingerprint density at radius 2 is 1.84 bits per heavy atom. The van der Waals surface area contributed by atoms with E-state index in [1.807, 2.05) is 11.5 Å². The van der Waals surface area contributed by atoms with Crippen molar-refractivity contribution < 1.29 is 18.6 Å². The number of hydrogen-bond donors (Lipinski definition) is 4. The van der Waals surface area contributed by atoms with Crippen LogP contribution in [0.5, 0.6) is 0 Å². The molecule has 0 aromatic rings. The molecule has 2 bridgehead atoms. The summed E-state index contributed by atoms with van der Waals surface area (Å²) in [5.41, 5.74) is 13.5. The van der Waals surface area contributed by atoms with Gasteiger partial charge in [0.05, 0.1) is 17.6 Å². The Morgan fingerprint density at radius 3 is 2.52 bits per heavy atom. The summed E-state index contributed by atoms with van der Waals surface area (Å²) in [4.78, 5) is 39.0. The number of unbranched alkanes of at least 4 members (excludes halogenated alkanes) is 1. The zero-order chi connectivity index (χ0) is 31.4. The highest BCUT2D eigenvalue weighted by Crippen LogP contribution is 2.29. The molecule has 6 aliphatic rings. The first-order valence-corrected chi connectivity index (χ1v) is 17.3. The highest BCUT2D eigenvalue weighted by molar-refractivity contribution is 6.21. The average Bonchev–Trinajstić information content (AvgIpc) is 3.34. The smallest absolute Gasteiger partial charge is 0.259 e. The molecule has 0 radical (unpaired) electrons. The summed E-state index contributed by atoms with van der Waals surface area (Å²) in [5.74, 6) is -0.819. The fourth-order valence-corrected chi connectivity index (χ4v) is 8.43. The lowest BCUT2D eigenvalue weighted by Crippen LogP contribution is -2.67. The number of likely N-dealkylation sites (tertiary alicyclic amines) is 1. The van der Waals surface area contributed by atoms with Crippen LogP contribution >= 0.6 is 11.6 Å². The van der Waals surface area contributed by atoms with Crippen molar-refractivity contribution in [2.24, 2.45) is 28.3 Å². The first kappa shape index (κ1) is 33.7. The van der Waals surface area contributed by atoms with Crippen LogP contribution in [-0.2, 0) is 9.59 Å². The van der Waals surface area contributed by atoms with Crippen LogP contribution in [-0.4, -0.2) is 144 Å². The second kappa shape index (κ2) is 15.3. The Labute approximate surface area is 267 Å².